The number of benzene rings is 4. The second-order valence-corrected chi connectivity index (χ2v) is 23.7. The molecule has 3 saturated heterocycles. The summed E-state index contributed by atoms with van der Waals surface area (Å²) in [6.45, 7) is 9.36. The Morgan fingerprint density at radius 2 is 1.53 bits per heavy atom. The van der Waals surface area contributed by atoms with Gasteiger partial charge in [-0.1, -0.05) is 124 Å². The first kappa shape index (κ1) is 45.6. The monoisotopic (exact) mass is 903 g/mol. The maximum atomic E-state index is 15.0. The van der Waals surface area contributed by atoms with Crippen LogP contribution in [-0.2, 0) is 25.2 Å². The first-order chi connectivity index (χ1) is 31.9. The number of nitrogens with zero attached hydrogens (tertiary/aromatic N) is 3. The Hall–Kier alpha value is -5.50. The molecule has 3 aliphatic heterocycles. The molecule has 9 rings (SSSR count). The van der Waals surface area contributed by atoms with Crippen molar-refractivity contribution in [3.8, 4) is 5.75 Å². The average Bonchev–Trinajstić information content (AvgIpc) is 3.58. The molecule has 1 aromatic heterocycles. The van der Waals surface area contributed by atoms with E-state index in [1.807, 2.05) is 42.5 Å². The number of allylic oxidation sites excluding steroid dienone is 1. The molecule has 5 aromatic rings. The third-order valence-electron chi connectivity index (χ3n) is 14.4. The highest BCUT2D eigenvalue weighted by molar-refractivity contribution is 6.99. The summed E-state index contributed by atoms with van der Waals surface area (Å²) < 4.78 is 28.8. The normalized spacial score (nSPS) is 22.2. The van der Waals surface area contributed by atoms with E-state index in [0.717, 1.165) is 46.7 Å². The van der Waals surface area contributed by atoms with Crippen LogP contribution in [-0.4, -0.2) is 84.0 Å². The van der Waals surface area contributed by atoms with Gasteiger partial charge in [0, 0.05) is 31.9 Å². The maximum absolute atomic E-state index is 15.0. The van der Waals surface area contributed by atoms with E-state index in [9.17, 15) is 24.1 Å². The third kappa shape index (κ3) is 9.14. The number of pyridine rings is 1. The van der Waals surface area contributed by atoms with Crippen LogP contribution in [0.4, 0.5) is 4.39 Å². The number of piperidine rings is 1. The van der Waals surface area contributed by atoms with Crippen molar-refractivity contribution in [1.82, 2.24) is 14.8 Å². The van der Waals surface area contributed by atoms with Gasteiger partial charge in [-0.3, -0.25) is 24.4 Å². The standard InChI is InChI=1S/C54H59BFN3O6Si/c1-54(2,3)66(42-17-9-5-10-18-42,43-19-11-6-12-20-43)64-36-40-33-44-51(53(62)59(52(44)61)41-26-29-58(30-27-41)35-37-15-7-4-8-16-37)45-34-55(63)65-49(50(40)45)25-23-39(47-21-13-14-28-57-47)31-38-22-24-48(60)46(56)32-38/h4-22,24,28,31-32,41,44-45,49,51,60,63H,23,25-27,29-30,33-36H2,1-3H3/b39-31-/t44-,45+,49-,51-/m1/s1. The van der Waals surface area contributed by atoms with E-state index in [1.54, 1.807) is 17.2 Å². The summed E-state index contributed by atoms with van der Waals surface area (Å²) >= 11 is 0. The highest BCUT2D eigenvalue weighted by Gasteiger charge is 2.59. The van der Waals surface area contributed by atoms with Crippen molar-refractivity contribution < 1.29 is 33.2 Å². The van der Waals surface area contributed by atoms with E-state index >= 15 is 0 Å². The van der Waals surface area contributed by atoms with Gasteiger partial charge in [0.15, 0.2) is 11.6 Å². The van der Waals surface area contributed by atoms with E-state index < -0.39 is 50.9 Å². The summed E-state index contributed by atoms with van der Waals surface area (Å²) in [5, 5.41) is 23.5. The summed E-state index contributed by atoms with van der Waals surface area (Å²) in [5.41, 5.74) is 5.22. The minimum absolute atomic E-state index is 0.118. The van der Waals surface area contributed by atoms with Crippen LogP contribution in [0.2, 0.25) is 11.4 Å². The second kappa shape index (κ2) is 19.4. The smallest absolute Gasteiger partial charge is 0.455 e. The molecule has 4 heterocycles. The first-order valence-corrected chi connectivity index (χ1v) is 25.4. The molecule has 0 spiro atoms. The van der Waals surface area contributed by atoms with Crippen LogP contribution >= 0.6 is 0 Å². The van der Waals surface area contributed by atoms with Gasteiger partial charge in [-0.25, -0.2) is 4.39 Å². The number of carbonyl (C=O) groups is 2. The van der Waals surface area contributed by atoms with Crippen molar-refractivity contribution in [2.75, 3.05) is 19.7 Å². The SMILES string of the molecule is CC(C)(C)[Si](OCC1=C2[C@@H](CC/C(=C/c3ccc(O)c(F)c3)c3ccccn3)OB(O)C[C@@H]2[C@@H]2C(=O)N(C3CCN(Cc4ccccc4)CC3)C(=O)[C@@H]2C1)(c1ccccc1)c1ccccc1. The number of imide groups is 1. The number of hydrogen-bond donors (Lipinski definition) is 2. The average molecular weight is 904 g/mol. The molecule has 1 aliphatic carbocycles. The number of phenols is 1. The van der Waals surface area contributed by atoms with Crippen LogP contribution in [0.3, 0.4) is 0 Å². The van der Waals surface area contributed by atoms with Crippen LogP contribution in [0.15, 0.2) is 145 Å². The third-order valence-corrected chi connectivity index (χ3v) is 19.4. The summed E-state index contributed by atoms with van der Waals surface area (Å²) in [6.07, 6.45) is 5.77. The zero-order chi connectivity index (χ0) is 46.0. The van der Waals surface area contributed by atoms with Crippen molar-refractivity contribution in [2.45, 2.75) is 82.9 Å². The van der Waals surface area contributed by atoms with Crippen molar-refractivity contribution >= 4 is 49.3 Å². The van der Waals surface area contributed by atoms with Gasteiger partial charge >= 0.3 is 7.12 Å². The molecule has 12 heteroatoms. The number of amides is 2. The summed E-state index contributed by atoms with van der Waals surface area (Å²) in [6, 6.07) is 41.1. The van der Waals surface area contributed by atoms with Gasteiger partial charge in [0.05, 0.1) is 30.2 Å². The van der Waals surface area contributed by atoms with E-state index in [0.29, 0.717) is 43.4 Å². The van der Waals surface area contributed by atoms with Gasteiger partial charge in [-0.05, 0) is 118 Å². The molecule has 0 radical (unpaired) electrons. The largest absolute Gasteiger partial charge is 0.505 e. The van der Waals surface area contributed by atoms with Gasteiger partial charge in [-0.15, -0.1) is 0 Å². The molecule has 0 unspecified atom stereocenters. The number of phenolic OH excluding ortho intramolecular Hbond substituents is 1. The van der Waals surface area contributed by atoms with Crippen LogP contribution in [0.5, 0.6) is 5.75 Å². The summed E-state index contributed by atoms with van der Waals surface area (Å²) in [7, 11) is -4.21. The quantitative estimate of drug-likeness (QED) is 0.0691. The Balaban J connectivity index is 1.08. The van der Waals surface area contributed by atoms with Gasteiger partial charge in [0.25, 0.3) is 8.32 Å². The van der Waals surface area contributed by atoms with Crippen LogP contribution in [0.25, 0.3) is 11.6 Å². The lowest BCUT2D eigenvalue weighted by Crippen LogP contribution is -2.66. The summed E-state index contributed by atoms with van der Waals surface area (Å²) in [4.78, 5) is 38.5. The Morgan fingerprint density at radius 3 is 2.15 bits per heavy atom. The lowest BCUT2D eigenvalue weighted by atomic mass is 9.58. The molecule has 9 nitrogen and oxygen atoms in total. The first-order valence-electron chi connectivity index (χ1n) is 23.5. The molecule has 4 atom stereocenters. The zero-order valence-corrected chi connectivity index (χ0v) is 39.1. The Labute approximate surface area is 389 Å². The molecule has 4 aromatic carbocycles. The number of aromatic hydroxyl groups is 1. The van der Waals surface area contributed by atoms with E-state index in [2.05, 4.69) is 103 Å². The van der Waals surface area contributed by atoms with Crippen LogP contribution in [0, 0.1) is 23.6 Å². The number of fused-ring (bicyclic) bond motifs is 3. The van der Waals surface area contributed by atoms with Crippen molar-refractivity contribution in [2.24, 2.45) is 17.8 Å². The van der Waals surface area contributed by atoms with Gasteiger partial charge < -0.3 is 19.2 Å². The van der Waals surface area contributed by atoms with Gasteiger partial charge in [-0.2, -0.15) is 0 Å². The van der Waals surface area contributed by atoms with Crippen LogP contribution < -0.4 is 10.4 Å². The number of carbonyl (C=O) groups excluding carboxylic acids is 2. The second-order valence-electron chi connectivity index (χ2n) is 19.4. The lowest BCUT2D eigenvalue weighted by molar-refractivity contribution is -0.144. The van der Waals surface area contributed by atoms with Crippen molar-refractivity contribution in [3.05, 3.63) is 167 Å². The molecule has 4 aliphatic rings. The van der Waals surface area contributed by atoms with E-state index in [1.165, 1.54) is 17.7 Å². The maximum Gasteiger partial charge on any atom is 0.455 e. The molecule has 3 fully saturated rings. The van der Waals surface area contributed by atoms with Crippen molar-refractivity contribution in [3.63, 3.8) is 0 Å². The molecule has 0 bridgehead atoms. The van der Waals surface area contributed by atoms with Crippen LogP contribution in [0.1, 0.15) is 69.7 Å². The van der Waals surface area contributed by atoms with E-state index in [4.69, 9.17) is 9.08 Å². The Bertz CT molecular complexity index is 2530. The highest BCUT2D eigenvalue weighted by Crippen LogP contribution is 2.52. The van der Waals surface area contributed by atoms with E-state index in [-0.39, 0.29) is 35.8 Å². The molecule has 0 saturated carbocycles. The fraction of sp³-hybridized carbons (Fsp3) is 0.352. The fourth-order valence-corrected chi connectivity index (χ4v) is 15.9. The predicted octanol–water partition coefficient (Wildman–Crippen LogP) is 8.29. The number of aromatic nitrogens is 1. The molecular formula is C54H59BFN3O6Si. The topological polar surface area (TPSA) is 112 Å². The number of hydrogen-bond acceptors (Lipinski definition) is 8. The lowest BCUT2D eigenvalue weighted by Gasteiger charge is -2.46. The van der Waals surface area contributed by atoms with Gasteiger partial charge in [0.1, 0.15) is 0 Å². The fourth-order valence-electron chi connectivity index (χ4n) is 11.3. The molecule has 2 N–H and O–H groups in total. The molecule has 2 amide bonds. The predicted molar refractivity (Wildman–Crippen MR) is 259 cm³/mol. The highest BCUT2D eigenvalue weighted by atomic mass is 28.4. The zero-order valence-electron chi connectivity index (χ0n) is 38.1. The number of halogens is 1. The van der Waals surface area contributed by atoms with Crippen molar-refractivity contribution in [1.29, 1.82) is 0 Å². The number of likely N-dealkylation sites (tertiary alicyclic amines) is 2. The molecular weight excluding hydrogens is 845 g/mol. The summed E-state index contributed by atoms with van der Waals surface area (Å²) in [5.74, 6) is -3.05. The molecule has 340 valence electrons. The van der Waals surface area contributed by atoms with Gasteiger partial charge in [0.2, 0.25) is 11.8 Å². The minimum atomic E-state index is -3.05. The Kier molecular flexibility index (Phi) is 13.4. The minimum Gasteiger partial charge on any atom is -0.505 e. The number of rotatable bonds is 13. The molecule has 66 heavy (non-hydrogen) atoms. The Morgan fingerprint density at radius 1 is 0.879 bits per heavy atom.